The normalized spacial score (nSPS) is 11.7. The Balaban J connectivity index is 2.07. The Kier molecular flexibility index (Phi) is 5.90. The highest BCUT2D eigenvalue weighted by Crippen LogP contribution is 2.29. The smallest absolute Gasteiger partial charge is 0.410 e. The zero-order valence-corrected chi connectivity index (χ0v) is 18.4. The monoisotopic (exact) mass is 442 g/mol. The number of pyridine rings is 1. The summed E-state index contributed by atoms with van der Waals surface area (Å²) in [6, 6.07) is 8.15. The first-order valence-corrected chi connectivity index (χ1v) is 10.8. The van der Waals surface area contributed by atoms with E-state index in [2.05, 4.69) is 4.98 Å². The van der Waals surface area contributed by atoms with Gasteiger partial charge in [0.25, 0.3) is 10.0 Å². The van der Waals surface area contributed by atoms with Crippen molar-refractivity contribution in [2.75, 3.05) is 7.05 Å². The predicted octanol–water partition coefficient (Wildman–Crippen LogP) is 3.62. The van der Waals surface area contributed by atoms with Crippen molar-refractivity contribution in [3.63, 3.8) is 0 Å². The minimum absolute atomic E-state index is 0.0428. The highest BCUT2D eigenvalue weighted by molar-refractivity contribution is 7.90. The topological polar surface area (TPSA) is 118 Å². The van der Waals surface area contributed by atoms with Crippen molar-refractivity contribution in [1.29, 1.82) is 5.26 Å². The Bertz CT molecular complexity index is 1230. The molecule has 3 aromatic rings. The van der Waals surface area contributed by atoms with Gasteiger partial charge in [-0.2, -0.15) is 5.26 Å². The summed E-state index contributed by atoms with van der Waals surface area (Å²) in [5, 5.41) is 9.43. The highest BCUT2D eigenvalue weighted by Gasteiger charge is 2.26. The number of nitriles is 1. The van der Waals surface area contributed by atoms with Crippen LogP contribution in [0.1, 0.15) is 32.0 Å². The lowest BCUT2D eigenvalue weighted by molar-refractivity contribution is 0.0285. The summed E-state index contributed by atoms with van der Waals surface area (Å²) >= 11 is 0. The molecule has 0 saturated heterocycles. The Hall–Kier alpha value is -3.58. The molecule has 10 heteroatoms. The molecule has 31 heavy (non-hydrogen) atoms. The third-order valence-corrected chi connectivity index (χ3v) is 5.86. The maximum absolute atomic E-state index is 13.2. The van der Waals surface area contributed by atoms with Gasteiger partial charge in [-0.05, 0) is 50.6 Å². The summed E-state index contributed by atoms with van der Waals surface area (Å²) in [5.74, 6) is 0. The molecule has 3 rings (SSSR count). The number of carbonyl (C=O) groups is 1. The van der Waals surface area contributed by atoms with Crippen LogP contribution in [0.15, 0.2) is 58.5 Å². The SMILES string of the molecule is CN(Cc1cc(-c2cccnc2C#N)n(S(=O)(=O)c2ccoc2)c1)C(=O)OC(C)(C)C. The minimum Gasteiger partial charge on any atom is -0.471 e. The van der Waals surface area contributed by atoms with Gasteiger partial charge < -0.3 is 14.1 Å². The van der Waals surface area contributed by atoms with Gasteiger partial charge in [-0.15, -0.1) is 0 Å². The maximum Gasteiger partial charge on any atom is 0.410 e. The maximum atomic E-state index is 13.2. The molecule has 3 heterocycles. The number of carbonyl (C=O) groups excluding carboxylic acids is 1. The van der Waals surface area contributed by atoms with Gasteiger partial charge in [-0.3, -0.25) is 0 Å². The molecule has 0 atom stereocenters. The predicted molar refractivity (Wildman–Crippen MR) is 111 cm³/mol. The molecule has 0 spiro atoms. The Labute approximate surface area is 180 Å². The van der Waals surface area contributed by atoms with E-state index in [0.717, 1.165) is 10.2 Å². The van der Waals surface area contributed by atoms with Gasteiger partial charge in [0, 0.05) is 25.0 Å². The molecule has 0 aromatic carbocycles. The average Bonchev–Trinajstić information content (AvgIpc) is 3.37. The van der Waals surface area contributed by atoms with Crippen LogP contribution in [0.5, 0.6) is 0 Å². The van der Waals surface area contributed by atoms with E-state index in [1.54, 1.807) is 46.0 Å². The second kappa shape index (κ2) is 8.28. The molecular weight excluding hydrogens is 420 g/mol. The molecule has 9 nitrogen and oxygen atoms in total. The van der Waals surface area contributed by atoms with E-state index in [1.165, 1.54) is 29.6 Å². The molecule has 0 fully saturated rings. The van der Waals surface area contributed by atoms with Crippen LogP contribution in [0, 0.1) is 11.3 Å². The molecule has 0 aliphatic rings. The first kappa shape index (κ1) is 22.1. The van der Waals surface area contributed by atoms with Crippen LogP contribution in [0.25, 0.3) is 11.3 Å². The Morgan fingerprint density at radius 3 is 2.71 bits per heavy atom. The van der Waals surface area contributed by atoms with Crippen LogP contribution in [-0.2, 0) is 21.3 Å². The average molecular weight is 442 g/mol. The van der Waals surface area contributed by atoms with Crippen LogP contribution < -0.4 is 0 Å². The zero-order valence-electron chi connectivity index (χ0n) is 17.6. The quantitative estimate of drug-likeness (QED) is 0.592. The van der Waals surface area contributed by atoms with Crippen molar-refractivity contribution >= 4 is 16.1 Å². The highest BCUT2D eigenvalue weighted by atomic mass is 32.2. The van der Waals surface area contributed by atoms with Crippen LogP contribution in [-0.4, -0.2) is 41.0 Å². The van der Waals surface area contributed by atoms with Gasteiger partial charge >= 0.3 is 6.09 Å². The molecule has 162 valence electrons. The standard InChI is InChI=1S/C21H22N4O5S/c1-21(2,3)30-20(26)24(4)12-15-10-19(17-6-5-8-23-18(17)11-22)25(13-15)31(27,28)16-7-9-29-14-16/h5-10,13-14H,12H2,1-4H3. The number of nitrogens with zero attached hydrogens (tertiary/aromatic N) is 4. The van der Waals surface area contributed by atoms with E-state index in [4.69, 9.17) is 9.15 Å². The number of hydrogen-bond acceptors (Lipinski definition) is 7. The number of hydrogen-bond donors (Lipinski definition) is 0. The lowest BCUT2D eigenvalue weighted by Gasteiger charge is -2.24. The molecule has 0 aliphatic heterocycles. The number of rotatable bonds is 5. The molecule has 0 saturated carbocycles. The number of ether oxygens (including phenoxy) is 1. The molecule has 1 amide bonds. The van der Waals surface area contributed by atoms with Gasteiger partial charge in [-0.25, -0.2) is 22.2 Å². The fourth-order valence-corrected chi connectivity index (χ4v) is 4.19. The lowest BCUT2D eigenvalue weighted by Crippen LogP contribution is -2.33. The molecule has 0 bridgehead atoms. The number of furan rings is 1. The molecule has 0 aliphatic carbocycles. The number of aromatic nitrogens is 2. The van der Waals surface area contributed by atoms with Crippen molar-refractivity contribution in [3.8, 4) is 17.3 Å². The second-order valence-electron chi connectivity index (χ2n) is 7.84. The fourth-order valence-electron chi connectivity index (χ4n) is 2.87. The van der Waals surface area contributed by atoms with Crippen LogP contribution in [0.4, 0.5) is 4.79 Å². The van der Waals surface area contributed by atoms with Gasteiger partial charge in [0.1, 0.15) is 28.5 Å². The van der Waals surface area contributed by atoms with E-state index in [1.807, 2.05) is 6.07 Å². The zero-order chi connectivity index (χ0) is 22.8. The summed E-state index contributed by atoms with van der Waals surface area (Å²) in [7, 11) is -2.46. The fraction of sp³-hybridized carbons (Fsp3) is 0.286. The van der Waals surface area contributed by atoms with E-state index in [9.17, 15) is 18.5 Å². The number of amides is 1. The van der Waals surface area contributed by atoms with Crippen LogP contribution in [0.3, 0.4) is 0 Å². The van der Waals surface area contributed by atoms with E-state index in [0.29, 0.717) is 11.1 Å². The van der Waals surface area contributed by atoms with Crippen LogP contribution >= 0.6 is 0 Å². The van der Waals surface area contributed by atoms with E-state index in [-0.39, 0.29) is 22.8 Å². The van der Waals surface area contributed by atoms with Crippen molar-refractivity contribution < 1.29 is 22.4 Å². The molecular formula is C21H22N4O5S. The van der Waals surface area contributed by atoms with Crippen molar-refractivity contribution in [2.24, 2.45) is 0 Å². The third kappa shape index (κ3) is 4.78. The summed E-state index contributed by atoms with van der Waals surface area (Å²) in [6.07, 6.45) is 4.71. The second-order valence-corrected chi connectivity index (χ2v) is 9.66. The minimum atomic E-state index is -4.01. The largest absolute Gasteiger partial charge is 0.471 e. The van der Waals surface area contributed by atoms with Crippen molar-refractivity contribution in [3.05, 3.63) is 60.4 Å². The first-order valence-electron chi connectivity index (χ1n) is 9.31. The molecule has 0 N–H and O–H groups in total. The lowest BCUT2D eigenvalue weighted by atomic mass is 10.1. The van der Waals surface area contributed by atoms with Gasteiger partial charge in [0.15, 0.2) is 0 Å². The van der Waals surface area contributed by atoms with E-state index >= 15 is 0 Å². The van der Waals surface area contributed by atoms with E-state index < -0.39 is 21.7 Å². The molecule has 0 radical (unpaired) electrons. The van der Waals surface area contributed by atoms with Gasteiger partial charge in [0.2, 0.25) is 0 Å². The van der Waals surface area contributed by atoms with Crippen LogP contribution in [0.2, 0.25) is 0 Å². The summed E-state index contributed by atoms with van der Waals surface area (Å²) in [6.45, 7) is 5.38. The Morgan fingerprint density at radius 2 is 2.10 bits per heavy atom. The third-order valence-electron chi connectivity index (χ3n) is 4.21. The summed E-state index contributed by atoms with van der Waals surface area (Å²) in [4.78, 5) is 17.6. The molecule has 0 unspecified atom stereocenters. The van der Waals surface area contributed by atoms with Gasteiger partial charge in [-0.1, -0.05) is 0 Å². The van der Waals surface area contributed by atoms with Crippen molar-refractivity contribution in [1.82, 2.24) is 13.9 Å². The van der Waals surface area contributed by atoms with Crippen molar-refractivity contribution in [2.45, 2.75) is 37.8 Å². The first-order chi connectivity index (χ1) is 14.5. The molecule has 3 aromatic heterocycles. The summed E-state index contributed by atoms with van der Waals surface area (Å²) in [5.41, 5.74) is 0.547. The Morgan fingerprint density at radius 1 is 1.35 bits per heavy atom. The van der Waals surface area contributed by atoms with Gasteiger partial charge in [0.05, 0.1) is 18.5 Å². The summed E-state index contributed by atoms with van der Waals surface area (Å²) < 4.78 is 37.8.